The molecule has 1 aromatic heterocycles. The second-order valence-corrected chi connectivity index (χ2v) is 10.5. The lowest BCUT2D eigenvalue weighted by molar-refractivity contribution is -0.138. The quantitative estimate of drug-likeness (QED) is 0.0745. The highest BCUT2D eigenvalue weighted by Crippen LogP contribution is 2.29. The molecular formula is C31H45FN6O6. The van der Waals surface area contributed by atoms with E-state index in [4.69, 9.17) is 29.5 Å². The predicted molar refractivity (Wildman–Crippen MR) is 165 cm³/mol. The maximum absolute atomic E-state index is 14.6. The van der Waals surface area contributed by atoms with Crippen LogP contribution in [0.2, 0.25) is 0 Å². The number of benzene rings is 1. The summed E-state index contributed by atoms with van der Waals surface area (Å²) in [4.78, 5) is 21.4. The van der Waals surface area contributed by atoms with Crippen LogP contribution in [-0.4, -0.2) is 93.9 Å². The van der Waals surface area contributed by atoms with Crippen LogP contribution in [0, 0.1) is 5.82 Å². The zero-order chi connectivity index (χ0) is 31.4. The highest BCUT2D eigenvalue weighted by molar-refractivity contribution is 5.68. The fourth-order valence-electron chi connectivity index (χ4n) is 5.12. The van der Waals surface area contributed by atoms with E-state index >= 15 is 0 Å². The molecule has 0 bridgehead atoms. The molecule has 242 valence electrons. The SMILES string of the molecule is COc1ccc(C(CC(=O)O)N(CCCCCc2ccc3c(n2)NCCC3)CCOCCOCCOCCN=[N+]=[N-])cc1F. The minimum atomic E-state index is -0.959. The molecule has 2 aromatic rings. The Labute approximate surface area is 258 Å². The molecule has 44 heavy (non-hydrogen) atoms. The Hall–Kier alpha value is -3.48. The highest BCUT2D eigenvalue weighted by atomic mass is 19.1. The molecule has 3 rings (SSSR count). The molecule has 0 spiro atoms. The van der Waals surface area contributed by atoms with Gasteiger partial charge in [-0.15, -0.1) is 0 Å². The first-order chi connectivity index (χ1) is 21.5. The lowest BCUT2D eigenvalue weighted by Gasteiger charge is -2.31. The number of anilines is 1. The molecule has 1 atom stereocenters. The predicted octanol–water partition coefficient (Wildman–Crippen LogP) is 5.18. The number of azide groups is 1. The second-order valence-electron chi connectivity index (χ2n) is 10.5. The zero-order valence-electron chi connectivity index (χ0n) is 25.6. The average molecular weight is 617 g/mol. The summed E-state index contributed by atoms with van der Waals surface area (Å²) in [5.74, 6) is -0.365. The second kappa shape index (κ2) is 20.5. The topological polar surface area (TPSA) is 151 Å². The van der Waals surface area contributed by atoms with Crippen LogP contribution >= 0.6 is 0 Å². The number of ether oxygens (including phenoxy) is 4. The molecule has 1 unspecified atom stereocenters. The van der Waals surface area contributed by atoms with Gasteiger partial charge < -0.3 is 29.4 Å². The van der Waals surface area contributed by atoms with E-state index in [0.29, 0.717) is 58.3 Å². The number of carboxylic acid groups (broad SMARTS) is 1. The maximum atomic E-state index is 14.6. The van der Waals surface area contributed by atoms with E-state index in [0.717, 1.165) is 56.6 Å². The number of pyridine rings is 1. The summed E-state index contributed by atoms with van der Waals surface area (Å²) in [6.07, 6.45) is 5.66. The molecule has 12 nitrogen and oxygen atoms in total. The van der Waals surface area contributed by atoms with Crippen LogP contribution < -0.4 is 10.1 Å². The lowest BCUT2D eigenvalue weighted by Crippen LogP contribution is -2.34. The number of rotatable bonds is 23. The third kappa shape index (κ3) is 12.6. The average Bonchev–Trinajstić information content (AvgIpc) is 3.03. The Morgan fingerprint density at radius 3 is 2.59 bits per heavy atom. The van der Waals surface area contributed by atoms with Gasteiger partial charge in [0.15, 0.2) is 11.6 Å². The van der Waals surface area contributed by atoms with Gasteiger partial charge in [-0.25, -0.2) is 9.37 Å². The van der Waals surface area contributed by atoms with Gasteiger partial charge in [-0.2, -0.15) is 0 Å². The van der Waals surface area contributed by atoms with Crippen LogP contribution in [0.5, 0.6) is 5.75 Å². The lowest BCUT2D eigenvalue weighted by atomic mass is 10.0. The van der Waals surface area contributed by atoms with Gasteiger partial charge in [0, 0.05) is 36.3 Å². The van der Waals surface area contributed by atoms with Crippen molar-refractivity contribution in [3.8, 4) is 5.75 Å². The summed E-state index contributed by atoms with van der Waals surface area (Å²) >= 11 is 0. The van der Waals surface area contributed by atoms with Crippen LogP contribution in [0.1, 0.15) is 55.0 Å². The number of hydrogen-bond donors (Lipinski definition) is 2. The first kappa shape index (κ1) is 35.0. The number of methoxy groups -OCH3 is 1. The Morgan fingerprint density at radius 1 is 1.09 bits per heavy atom. The normalized spacial score (nSPS) is 13.2. The zero-order valence-corrected chi connectivity index (χ0v) is 25.6. The number of unbranched alkanes of at least 4 members (excludes halogenated alkanes) is 2. The number of fused-ring (bicyclic) bond motifs is 1. The van der Waals surface area contributed by atoms with E-state index < -0.39 is 17.8 Å². The number of nitrogens with one attached hydrogen (secondary N) is 1. The van der Waals surface area contributed by atoms with Crippen LogP contribution in [0.15, 0.2) is 35.4 Å². The Morgan fingerprint density at radius 2 is 1.86 bits per heavy atom. The molecule has 0 saturated carbocycles. The number of carbonyl (C=O) groups is 1. The molecule has 1 aliphatic heterocycles. The summed E-state index contributed by atoms with van der Waals surface area (Å²) in [5.41, 5.74) is 11.2. The number of halogens is 1. The van der Waals surface area contributed by atoms with Crippen molar-refractivity contribution in [2.45, 2.75) is 51.0 Å². The third-order valence-electron chi connectivity index (χ3n) is 7.37. The summed E-state index contributed by atoms with van der Waals surface area (Å²) in [7, 11) is 1.40. The number of aliphatic carboxylic acids is 1. The monoisotopic (exact) mass is 616 g/mol. The van der Waals surface area contributed by atoms with Crippen molar-refractivity contribution in [1.82, 2.24) is 9.88 Å². The number of hydrogen-bond acceptors (Lipinski definition) is 9. The molecule has 1 aromatic carbocycles. The van der Waals surface area contributed by atoms with Gasteiger partial charge in [-0.3, -0.25) is 9.69 Å². The van der Waals surface area contributed by atoms with Gasteiger partial charge in [0.25, 0.3) is 0 Å². The van der Waals surface area contributed by atoms with Crippen molar-refractivity contribution in [1.29, 1.82) is 0 Å². The van der Waals surface area contributed by atoms with Crippen LogP contribution in [0.4, 0.5) is 10.2 Å². The molecule has 0 fully saturated rings. The molecule has 2 heterocycles. The smallest absolute Gasteiger partial charge is 0.305 e. The van der Waals surface area contributed by atoms with E-state index in [2.05, 4.69) is 32.4 Å². The van der Waals surface area contributed by atoms with Gasteiger partial charge in [-0.05, 0) is 73.5 Å². The van der Waals surface area contributed by atoms with Gasteiger partial charge >= 0.3 is 5.97 Å². The number of aryl methyl sites for hydroxylation is 2. The molecule has 1 aliphatic rings. The van der Waals surface area contributed by atoms with Crippen molar-refractivity contribution < 1.29 is 33.2 Å². The van der Waals surface area contributed by atoms with E-state index in [1.165, 1.54) is 24.8 Å². The first-order valence-electron chi connectivity index (χ1n) is 15.3. The standard InChI is InChI=1S/C31H45FN6O6/c1-41-29-11-9-25(22-27(29)32)28(23-30(39)40)38(15-17-43-19-21-44-20-18-42-16-13-35-37-33)14-4-2-3-7-26-10-8-24-6-5-12-34-31(24)36-26/h8-11,22,28H,2-7,12-21,23H2,1H3,(H,34,36)(H,39,40). The summed E-state index contributed by atoms with van der Waals surface area (Å²) < 4.78 is 36.3. The molecular weight excluding hydrogens is 571 g/mol. The van der Waals surface area contributed by atoms with E-state index in [1.54, 1.807) is 6.07 Å². The largest absolute Gasteiger partial charge is 0.494 e. The Bertz CT molecular complexity index is 1200. The molecule has 0 saturated heterocycles. The Balaban J connectivity index is 1.50. The summed E-state index contributed by atoms with van der Waals surface area (Å²) in [6, 6.07) is 8.37. The molecule has 0 radical (unpaired) electrons. The van der Waals surface area contributed by atoms with E-state index in [-0.39, 0.29) is 18.7 Å². The summed E-state index contributed by atoms with van der Waals surface area (Å²) in [5, 5.41) is 16.5. The van der Waals surface area contributed by atoms with Crippen LogP contribution in [-0.2, 0) is 31.8 Å². The molecule has 0 aliphatic carbocycles. The van der Waals surface area contributed by atoms with Crippen molar-refractivity contribution in [3.05, 3.63) is 63.4 Å². The van der Waals surface area contributed by atoms with E-state index in [1.807, 2.05) is 0 Å². The van der Waals surface area contributed by atoms with Crippen LogP contribution in [0.3, 0.4) is 0 Å². The van der Waals surface area contributed by atoms with Gasteiger partial charge in [0.1, 0.15) is 5.82 Å². The minimum Gasteiger partial charge on any atom is -0.494 e. The van der Waals surface area contributed by atoms with Gasteiger partial charge in [0.2, 0.25) is 0 Å². The fraction of sp³-hybridized carbons (Fsp3) is 0.613. The van der Waals surface area contributed by atoms with E-state index in [9.17, 15) is 14.3 Å². The molecule has 13 heteroatoms. The summed E-state index contributed by atoms with van der Waals surface area (Å²) in [6.45, 7) is 4.61. The number of aromatic nitrogens is 1. The van der Waals surface area contributed by atoms with Crippen molar-refractivity contribution in [2.75, 3.05) is 78.2 Å². The minimum absolute atomic E-state index is 0.116. The third-order valence-corrected chi connectivity index (χ3v) is 7.37. The maximum Gasteiger partial charge on any atom is 0.305 e. The van der Waals surface area contributed by atoms with Gasteiger partial charge in [0.05, 0.1) is 53.2 Å². The van der Waals surface area contributed by atoms with Crippen molar-refractivity contribution in [3.63, 3.8) is 0 Å². The highest BCUT2D eigenvalue weighted by Gasteiger charge is 2.24. The molecule has 2 N–H and O–H groups in total. The molecule has 0 amide bonds. The van der Waals surface area contributed by atoms with Gasteiger partial charge in [-0.1, -0.05) is 23.7 Å². The first-order valence-corrected chi connectivity index (χ1v) is 15.3. The fourth-order valence-corrected chi connectivity index (χ4v) is 5.12. The van der Waals surface area contributed by atoms with Crippen molar-refractivity contribution >= 4 is 11.8 Å². The number of carboxylic acids is 1. The number of nitrogens with zero attached hydrogens (tertiary/aromatic N) is 5. The van der Waals surface area contributed by atoms with Crippen molar-refractivity contribution in [2.24, 2.45) is 5.11 Å². The Kier molecular flexibility index (Phi) is 16.3. The van der Waals surface area contributed by atoms with Crippen LogP contribution in [0.25, 0.3) is 10.4 Å².